The summed E-state index contributed by atoms with van der Waals surface area (Å²) in [5.41, 5.74) is 0.323. The highest BCUT2D eigenvalue weighted by Gasteiger charge is 2.16. The molecule has 0 atom stereocenters. The highest BCUT2D eigenvalue weighted by Crippen LogP contribution is 2.07. The standard InChI is InChI=1S/C11H19N3O3/c1-12-5-4-6-14(2)11(15)10-7-9(8-16-3)17-13-10/h7,12H,4-6,8H2,1-3H3. The van der Waals surface area contributed by atoms with Crippen molar-refractivity contribution in [3.8, 4) is 0 Å². The molecule has 1 N–H and O–H groups in total. The minimum atomic E-state index is -0.132. The molecule has 0 aromatic carbocycles. The predicted molar refractivity (Wildman–Crippen MR) is 62.7 cm³/mol. The highest BCUT2D eigenvalue weighted by molar-refractivity contribution is 5.92. The molecular weight excluding hydrogens is 222 g/mol. The van der Waals surface area contributed by atoms with Gasteiger partial charge in [-0.2, -0.15) is 0 Å². The second kappa shape index (κ2) is 7.03. The zero-order valence-electron chi connectivity index (χ0n) is 10.5. The average Bonchev–Trinajstić information content (AvgIpc) is 2.77. The molecule has 0 spiro atoms. The van der Waals surface area contributed by atoms with Crippen LogP contribution in [0.25, 0.3) is 0 Å². The molecule has 1 aromatic rings. The van der Waals surface area contributed by atoms with Crippen molar-refractivity contribution in [2.45, 2.75) is 13.0 Å². The predicted octanol–water partition coefficient (Wildman–Crippen LogP) is 0.502. The van der Waals surface area contributed by atoms with E-state index in [1.54, 1.807) is 25.1 Å². The number of nitrogens with one attached hydrogen (secondary N) is 1. The van der Waals surface area contributed by atoms with E-state index in [9.17, 15) is 4.79 Å². The summed E-state index contributed by atoms with van der Waals surface area (Å²) >= 11 is 0. The molecule has 1 heterocycles. The number of hydrogen-bond donors (Lipinski definition) is 1. The first-order valence-electron chi connectivity index (χ1n) is 5.53. The van der Waals surface area contributed by atoms with Crippen molar-refractivity contribution in [1.29, 1.82) is 0 Å². The van der Waals surface area contributed by atoms with Crippen molar-refractivity contribution >= 4 is 5.91 Å². The summed E-state index contributed by atoms with van der Waals surface area (Å²) in [6.45, 7) is 1.89. The van der Waals surface area contributed by atoms with Gasteiger partial charge in [0.15, 0.2) is 11.5 Å². The third-order valence-electron chi connectivity index (χ3n) is 2.33. The normalized spacial score (nSPS) is 10.5. The smallest absolute Gasteiger partial charge is 0.275 e. The van der Waals surface area contributed by atoms with Crippen molar-refractivity contribution in [2.75, 3.05) is 34.3 Å². The van der Waals surface area contributed by atoms with Crippen LogP contribution in [-0.2, 0) is 11.3 Å². The summed E-state index contributed by atoms with van der Waals surface area (Å²) in [5, 5.41) is 6.76. The van der Waals surface area contributed by atoms with Crippen LogP contribution in [0.4, 0.5) is 0 Å². The topological polar surface area (TPSA) is 67.6 Å². The maximum atomic E-state index is 11.9. The number of aromatic nitrogens is 1. The molecule has 0 bridgehead atoms. The van der Waals surface area contributed by atoms with Gasteiger partial charge in [0, 0.05) is 26.8 Å². The number of methoxy groups -OCH3 is 1. The van der Waals surface area contributed by atoms with E-state index in [0.29, 0.717) is 24.6 Å². The number of carbonyl (C=O) groups is 1. The first kappa shape index (κ1) is 13.7. The molecule has 6 heteroatoms. The molecule has 0 aliphatic rings. The van der Waals surface area contributed by atoms with Crippen LogP contribution in [0, 0.1) is 0 Å². The van der Waals surface area contributed by atoms with Gasteiger partial charge in [0.2, 0.25) is 0 Å². The summed E-state index contributed by atoms with van der Waals surface area (Å²) in [7, 11) is 5.20. The van der Waals surface area contributed by atoms with E-state index in [1.807, 2.05) is 7.05 Å². The van der Waals surface area contributed by atoms with Crippen LogP contribution in [0.5, 0.6) is 0 Å². The molecule has 0 fully saturated rings. The van der Waals surface area contributed by atoms with Crippen LogP contribution in [-0.4, -0.2) is 50.3 Å². The molecule has 0 aliphatic heterocycles. The molecule has 0 unspecified atom stereocenters. The van der Waals surface area contributed by atoms with Gasteiger partial charge in [0.05, 0.1) is 0 Å². The van der Waals surface area contributed by atoms with Gasteiger partial charge in [-0.3, -0.25) is 4.79 Å². The van der Waals surface area contributed by atoms with Crippen molar-refractivity contribution < 1.29 is 14.1 Å². The molecule has 17 heavy (non-hydrogen) atoms. The first-order chi connectivity index (χ1) is 8.19. The van der Waals surface area contributed by atoms with Gasteiger partial charge < -0.3 is 19.5 Å². The number of hydrogen-bond acceptors (Lipinski definition) is 5. The molecule has 1 aromatic heterocycles. The quantitative estimate of drug-likeness (QED) is 0.704. The van der Waals surface area contributed by atoms with Crippen LogP contribution in [0.3, 0.4) is 0 Å². The molecule has 0 saturated carbocycles. The summed E-state index contributed by atoms with van der Waals surface area (Å²) in [5.74, 6) is 0.423. The number of carbonyl (C=O) groups excluding carboxylic acids is 1. The number of nitrogens with zero attached hydrogens (tertiary/aromatic N) is 2. The molecule has 0 saturated heterocycles. The Morgan fingerprint density at radius 2 is 2.41 bits per heavy atom. The van der Waals surface area contributed by atoms with Gasteiger partial charge in [-0.1, -0.05) is 5.16 Å². The Labute approximate surface area is 101 Å². The molecule has 1 amide bonds. The molecular formula is C11H19N3O3. The summed E-state index contributed by atoms with van der Waals surface area (Å²) in [6.07, 6.45) is 0.904. The SMILES string of the molecule is CNCCCN(C)C(=O)c1cc(COC)on1. The van der Waals surface area contributed by atoms with Gasteiger partial charge in [0.25, 0.3) is 5.91 Å². The van der Waals surface area contributed by atoms with Crippen LogP contribution in [0.1, 0.15) is 22.7 Å². The number of ether oxygens (including phenoxy) is 1. The first-order valence-corrected chi connectivity index (χ1v) is 5.53. The Bertz CT molecular complexity index is 351. The highest BCUT2D eigenvalue weighted by atomic mass is 16.5. The van der Waals surface area contributed by atoms with Crippen LogP contribution >= 0.6 is 0 Å². The lowest BCUT2D eigenvalue weighted by molar-refractivity contribution is 0.0783. The maximum Gasteiger partial charge on any atom is 0.275 e. The second-order valence-electron chi connectivity index (χ2n) is 3.80. The lowest BCUT2D eigenvalue weighted by atomic mass is 10.3. The van der Waals surface area contributed by atoms with E-state index >= 15 is 0 Å². The minimum Gasteiger partial charge on any atom is -0.377 e. The molecule has 6 nitrogen and oxygen atoms in total. The van der Waals surface area contributed by atoms with E-state index < -0.39 is 0 Å². The lowest BCUT2D eigenvalue weighted by Crippen LogP contribution is -2.29. The Kier molecular flexibility index (Phi) is 5.65. The fourth-order valence-corrected chi connectivity index (χ4v) is 1.41. The second-order valence-corrected chi connectivity index (χ2v) is 3.80. The Hall–Kier alpha value is -1.40. The van der Waals surface area contributed by atoms with Crippen molar-refractivity contribution in [3.63, 3.8) is 0 Å². The Balaban J connectivity index is 2.49. The van der Waals surface area contributed by atoms with Gasteiger partial charge in [-0.05, 0) is 20.0 Å². The largest absolute Gasteiger partial charge is 0.377 e. The fraction of sp³-hybridized carbons (Fsp3) is 0.636. The van der Waals surface area contributed by atoms with Crippen molar-refractivity contribution in [3.05, 3.63) is 17.5 Å². The van der Waals surface area contributed by atoms with Gasteiger partial charge in [-0.25, -0.2) is 0 Å². The fourth-order valence-electron chi connectivity index (χ4n) is 1.41. The van der Waals surface area contributed by atoms with Crippen LogP contribution in [0.15, 0.2) is 10.6 Å². The van der Waals surface area contributed by atoms with Gasteiger partial charge in [-0.15, -0.1) is 0 Å². The van der Waals surface area contributed by atoms with E-state index in [2.05, 4.69) is 10.5 Å². The molecule has 1 rings (SSSR count). The van der Waals surface area contributed by atoms with E-state index in [-0.39, 0.29) is 5.91 Å². The molecule has 0 aliphatic carbocycles. The third-order valence-corrected chi connectivity index (χ3v) is 2.33. The zero-order valence-corrected chi connectivity index (χ0v) is 10.5. The van der Waals surface area contributed by atoms with Crippen LogP contribution < -0.4 is 5.32 Å². The van der Waals surface area contributed by atoms with Gasteiger partial charge in [0.1, 0.15) is 6.61 Å². The average molecular weight is 241 g/mol. The minimum absolute atomic E-state index is 0.132. The monoisotopic (exact) mass is 241 g/mol. The van der Waals surface area contributed by atoms with Gasteiger partial charge >= 0.3 is 0 Å². The van der Waals surface area contributed by atoms with E-state index in [0.717, 1.165) is 13.0 Å². The Morgan fingerprint density at radius 3 is 3.06 bits per heavy atom. The lowest BCUT2D eigenvalue weighted by Gasteiger charge is -2.14. The zero-order chi connectivity index (χ0) is 12.7. The summed E-state index contributed by atoms with van der Waals surface area (Å²) in [4.78, 5) is 13.5. The van der Waals surface area contributed by atoms with Crippen LogP contribution in [0.2, 0.25) is 0 Å². The summed E-state index contributed by atoms with van der Waals surface area (Å²) in [6, 6.07) is 1.61. The number of amides is 1. The maximum absolute atomic E-state index is 11.9. The molecule has 96 valence electrons. The number of rotatable bonds is 7. The van der Waals surface area contributed by atoms with Crippen molar-refractivity contribution in [2.24, 2.45) is 0 Å². The van der Waals surface area contributed by atoms with E-state index in [4.69, 9.17) is 9.26 Å². The summed E-state index contributed by atoms with van der Waals surface area (Å²) < 4.78 is 9.86. The third kappa shape index (κ3) is 4.16. The van der Waals surface area contributed by atoms with Crippen molar-refractivity contribution in [1.82, 2.24) is 15.4 Å². The van der Waals surface area contributed by atoms with E-state index in [1.165, 1.54) is 0 Å². The Morgan fingerprint density at radius 1 is 1.65 bits per heavy atom. The molecule has 0 radical (unpaired) electrons.